The van der Waals surface area contributed by atoms with Crippen molar-refractivity contribution in [1.29, 1.82) is 0 Å². The number of para-hydroxylation sites is 1. The van der Waals surface area contributed by atoms with Crippen LogP contribution in [-0.4, -0.2) is 42.0 Å². The van der Waals surface area contributed by atoms with Crippen LogP contribution in [0.5, 0.6) is 23.0 Å². The highest BCUT2D eigenvalue weighted by Gasteiger charge is 2.24. The summed E-state index contributed by atoms with van der Waals surface area (Å²) in [4.78, 5) is 23.5. The van der Waals surface area contributed by atoms with Crippen LogP contribution in [0.15, 0.2) is 78.9 Å². The smallest absolute Gasteiger partial charge is 0.408 e. The van der Waals surface area contributed by atoms with E-state index in [2.05, 4.69) is 5.32 Å². The quantitative estimate of drug-likeness (QED) is 0.342. The SMILES string of the molecule is CC(C)(C)OC(=O)NC(Cc1ccc(OCCOc2ccc(Oc3ccccc3)cc2)cc1)C(=O)O. The zero-order chi connectivity index (χ0) is 26.0. The van der Waals surface area contributed by atoms with Gasteiger partial charge < -0.3 is 29.4 Å². The number of carboxylic acid groups (broad SMARTS) is 1. The number of carbonyl (C=O) groups excluding carboxylic acids is 1. The largest absolute Gasteiger partial charge is 0.490 e. The van der Waals surface area contributed by atoms with Crippen LogP contribution in [-0.2, 0) is 16.0 Å². The minimum absolute atomic E-state index is 0.113. The first-order chi connectivity index (χ1) is 17.2. The Hall–Kier alpha value is -4.20. The summed E-state index contributed by atoms with van der Waals surface area (Å²) >= 11 is 0. The summed E-state index contributed by atoms with van der Waals surface area (Å²) in [7, 11) is 0. The van der Waals surface area contributed by atoms with Gasteiger partial charge in [0, 0.05) is 6.42 Å². The highest BCUT2D eigenvalue weighted by Crippen LogP contribution is 2.23. The van der Waals surface area contributed by atoms with Crippen molar-refractivity contribution in [2.75, 3.05) is 13.2 Å². The monoisotopic (exact) mass is 493 g/mol. The predicted octanol–water partition coefficient (Wildman–Crippen LogP) is 5.46. The lowest BCUT2D eigenvalue weighted by Gasteiger charge is -2.22. The van der Waals surface area contributed by atoms with Crippen molar-refractivity contribution < 1.29 is 33.6 Å². The van der Waals surface area contributed by atoms with Gasteiger partial charge in [-0.2, -0.15) is 0 Å². The van der Waals surface area contributed by atoms with Crippen molar-refractivity contribution in [3.05, 3.63) is 84.4 Å². The molecule has 0 saturated heterocycles. The predicted molar refractivity (Wildman–Crippen MR) is 135 cm³/mol. The number of ether oxygens (including phenoxy) is 4. The first kappa shape index (κ1) is 26.4. The average Bonchev–Trinajstić information content (AvgIpc) is 2.83. The molecule has 0 aromatic heterocycles. The molecular formula is C28H31NO7. The van der Waals surface area contributed by atoms with E-state index in [-0.39, 0.29) is 6.42 Å². The number of hydrogen-bond acceptors (Lipinski definition) is 6. The molecule has 0 aliphatic heterocycles. The number of hydrogen-bond donors (Lipinski definition) is 2. The fourth-order valence-electron chi connectivity index (χ4n) is 3.15. The number of aliphatic carboxylic acids is 1. The molecule has 1 atom stereocenters. The summed E-state index contributed by atoms with van der Waals surface area (Å²) in [5, 5.41) is 11.8. The molecule has 2 N–H and O–H groups in total. The van der Waals surface area contributed by atoms with Crippen LogP contribution < -0.4 is 19.5 Å². The van der Waals surface area contributed by atoms with Gasteiger partial charge in [-0.3, -0.25) is 0 Å². The standard InChI is InChI=1S/C28H31NO7/c1-28(2,3)36-27(32)29-25(26(30)31)19-20-9-11-21(12-10-20)33-17-18-34-22-13-15-24(16-14-22)35-23-7-5-4-6-8-23/h4-16,25H,17-19H2,1-3H3,(H,29,32)(H,30,31). The van der Waals surface area contributed by atoms with Crippen LogP contribution >= 0.6 is 0 Å². The summed E-state index contributed by atoms with van der Waals surface area (Å²) in [5.41, 5.74) is 0.0238. The molecule has 3 aromatic carbocycles. The molecule has 3 aromatic rings. The number of nitrogens with one attached hydrogen (secondary N) is 1. The topological polar surface area (TPSA) is 103 Å². The molecule has 0 saturated carbocycles. The van der Waals surface area contributed by atoms with Gasteiger partial charge in [-0.25, -0.2) is 9.59 Å². The number of alkyl carbamates (subject to hydrolysis) is 1. The van der Waals surface area contributed by atoms with Gasteiger partial charge in [0.2, 0.25) is 0 Å². The number of carboxylic acids is 1. The Morgan fingerprint density at radius 2 is 1.28 bits per heavy atom. The van der Waals surface area contributed by atoms with Gasteiger partial charge in [-0.05, 0) is 74.9 Å². The summed E-state index contributed by atoms with van der Waals surface area (Å²) < 4.78 is 22.3. The molecule has 0 spiro atoms. The second kappa shape index (κ2) is 12.5. The Morgan fingerprint density at radius 1 is 0.778 bits per heavy atom. The van der Waals surface area contributed by atoms with Gasteiger partial charge in [-0.15, -0.1) is 0 Å². The van der Waals surface area contributed by atoms with E-state index in [9.17, 15) is 14.7 Å². The molecule has 0 aliphatic carbocycles. The van der Waals surface area contributed by atoms with E-state index in [1.165, 1.54) is 0 Å². The molecule has 8 heteroatoms. The zero-order valence-electron chi connectivity index (χ0n) is 20.6. The molecule has 1 amide bonds. The van der Waals surface area contributed by atoms with Crippen molar-refractivity contribution in [2.45, 2.75) is 38.8 Å². The highest BCUT2D eigenvalue weighted by atomic mass is 16.6. The van der Waals surface area contributed by atoms with Crippen molar-refractivity contribution in [3.63, 3.8) is 0 Å². The molecular weight excluding hydrogens is 462 g/mol. The second-order valence-corrected chi connectivity index (χ2v) is 8.97. The molecule has 36 heavy (non-hydrogen) atoms. The van der Waals surface area contributed by atoms with Gasteiger partial charge in [-0.1, -0.05) is 30.3 Å². The third-order valence-corrected chi connectivity index (χ3v) is 4.78. The maximum Gasteiger partial charge on any atom is 0.408 e. The fraction of sp³-hybridized carbons (Fsp3) is 0.286. The minimum atomic E-state index is -1.14. The van der Waals surface area contributed by atoms with Crippen LogP contribution in [0, 0.1) is 0 Å². The summed E-state index contributed by atoms with van der Waals surface area (Å²) in [6.07, 6.45) is -0.657. The van der Waals surface area contributed by atoms with Gasteiger partial charge >= 0.3 is 12.1 Å². The van der Waals surface area contributed by atoms with Crippen LogP contribution in [0.1, 0.15) is 26.3 Å². The van der Waals surface area contributed by atoms with E-state index >= 15 is 0 Å². The Bertz CT molecular complexity index is 1110. The van der Waals surface area contributed by atoms with Crippen molar-refractivity contribution in [3.8, 4) is 23.0 Å². The number of amides is 1. The highest BCUT2D eigenvalue weighted by molar-refractivity contribution is 5.80. The Morgan fingerprint density at radius 3 is 1.81 bits per heavy atom. The van der Waals surface area contributed by atoms with E-state index in [0.717, 1.165) is 17.1 Å². The molecule has 0 bridgehead atoms. The van der Waals surface area contributed by atoms with Gasteiger partial charge in [0.05, 0.1) is 0 Å². The third-order valence-electron chi connectivity index (χ3n) is 4.78. The van der Waals surface area contributed by atoms with Gasteiger partial charge in [0.1, 0.15) is 47.9 Å². The molecule has 190 valence electrons. The molecule has 0 aliphatic rings. The molecule has 3 rings (SSSR count). The lowest BCUT2D eigenvalue weighted by Crippen LogP contribution is -2.44. The van der Waals surface area contributed by atoms with Crippen molar-refractivity contribution >= 4 is 12.1 Å². The van der Waals surface area contributed by atoms with Gasteiger partial charge in [0.25, 0.3) is 0 Å². The third kappa shape index (κ3) is 9.21. The van der Waals surface area contributed by atoms with E-state index in [0.29, 0.717) is 24.7 Å². The van der Waals surface area contributed by atoms with E-state index < -0.39 is 23.7 Å². The number of carbonyl (C=O) groups is 2. The normalized spacial score (nSPS) is 11.8. The van der Waals surface area contributed by atoms with Crippen LogP contribution in [0.2, 0.25) is 0 Å². The first-order valence-corrected chi connectivity index (χ1v) is 11.6. The van der Waals surface area contributed by atoms with Crippen LogP contribution in [0.25, 0.3) is 0 Å². The van der Waals surface area contributed by atoms with Crippen LogP contribution in [0.4, 0.5) is 4.79 Å². The Kier molecular flexibility index (Phi) is 9.16. The maximum atomic E-state index is 11.9. The van der Waals surface area contributed by atoms with Crippen LogP contribution in [0.3, 0.4) is 0 Å². The lowest BCUT2D eigenvalue weighted by molar-refractivity contribution is -0.139. The first-order valence-electron chi connectivity index (χ1n) is 11.6. The van der Waals surface area contributed by atoms with E-state index in [1.54, 1.807) is 45.0 Å². The molecule has 8 nitrogen and oxygen atoms in total. The average molecular weight is 494 g/mol. The molecule has 0 heterocycles. The van der Waals surface area contributed by atoms with Crippen molar-refractivity contribution in [1.82, 2.24) is 5.32 Å². The zero-order valence-corrected chi connectivity index (χ0v) is 20.6. The maximum absolute atomic E-state index is 11.9. The number of benzene rings is 3. The number of rotatable bonds is 11. The summed E-state index contributed by atoms with van der Waals surface area (Å²) in [6.45, 7) is 5.82. The molecule has 1 unspecified atom stereocenters. The molecule has 0 radical (unpaired) electrons. The van der Waals surface area contributed by atoms with E-state index in [1.807, 2.05) is 54.6 Å². The van der Waals surface area contributed by atoms with E-state index in [4.69, 9.17) is 18.9 Å². The molecule has 0 fully saturated rings. The van der Waals surface area contributed by atoms with Crippen molar-refractivity contribution in [2.24, 2.45) is 0 Å². The Labute approximate surface area is 210 Å². The minimum Gasteiger partial charge on any atom is -0.490 e. The van der Waals surface area contributed by atoms with Gasteiger partial charge in [0.15, 0.2) is 0 Å². The fourth-order valence-corrected chi connectivity index (χ4v) is 3.15. The lowest BCUT2D eigenvalue weighted by atomic mass is 10.1. The summed E-state index contributed by atoms with van der Waals surface area (Å²) in [5.74, 6) is 1.67. The Balaban J connectivity index is 1.41. The summed E-state index contributed by atoms with van der Waals surface area (Å²) in [6, 6.07) is 22.8. The second-order valence-electron chi connectivity index (χ2n) is 8.97.